The lowest BCUT2D eigenvalue weighted by Gasteiger charge is -2.25. The van der Waals surface area contributed by atoms with Gasteiger partial charge in [-0.3, -0.25) is 0 Å². The van der Waals surface area contributed by atoms with E-state index in [0.29, 0.717) is 5.82 Å². The molecule has 1 saturated carbocycles. The molecule has 2 heteroatoms. The number of nitrogens with two attached hydrogens (primary N) is 1. The van der Waals surface area contributed by atoms with Crippen molar-refractivity contribution in [1.29, 1.82) is 0 Å². The minimum absolute atomic E-state index is 0.481. The van der Waals surface area contributed by atoms with E-state index in [9.17, 15) is 0 Å². The molecule has 2 N–H and O–H groups in total. The summed E-state index contributed by atoms with van der Waals surface area (Å²) in [4.78, 5) is 0. The van der Waals surface area contributed by atoms with E-state index in [0.717, 1.165) is 12.5 Å². The summed E-state index contributed by atoms with van der Waals surface area (Å²) in [7, 11) is 5.76. The maximum atomic E-state index is 5.76. The largest absolute Gasteiger partial charge is 0.330 e. The van der Waals surface area contributed by atoms with Gasteiger partial charge in [-0.25, -0.2) is 0 Å². The molecule has 0 spiro atoms. The van der Waals surface area contributed by atoms with Gasteiger partial charge in [0, 0.05) is 0 Å². The van der Waals surface area contributed by atoms with Gasteiger partial charge in [0.1, 0.15) is 0 Å². The van der Waals surface area contributed by atoms with E-state index in [1.54, 1.807) is 0 Å². The van der Waals surface area contributed by atoms with Crippen LogP contribution >= 0.6 is 0 Å². The fraction of sp³-hybridized carbons (Fsp3) is 1.00. The summed E-state index contributed by atoms with van der Waals surface area (Å²) in [5.74, 6) is 1.36. The molecule has 0 unspecified atom stereocenters. The molecule has 0 aliphatic heterocycles. The molecule has 0 aromatic carbocycles. The molecule has 1 aliphatic carbocycles. The summed E-state index contributed by atoms with van der Waals surface area (Å²) in [6.45, 7) is 0.847. The van der Waals surface area contributed by atoms with Crippen LogP contribution in [0.2, 0.25) is 5.82 Å². The molecule has 10 heavy (non-hydrogen) atoms. The molecule has 0 aromatic rings. The SMILES string of the molecule is [B]C1CCC(CCN)CC1. The molecule has 0 amide bonds. The van der Waals surface area contributed by atoms with E-state index in [-0.39, 0.29) is 0 Å². The van der Waals surface area contributed by atoms with Crippen molar-refractivity contribution in [2.75, 3.05) is 6.54 Å². The first-order chi connectivity index (χ1) is 4.83. The Morgan fingerprint density at radius 1 is 1.20 bits per heavy atom. The Hall–Kier alpha value is 0.0249. The second-order valence-electron chi connectivity index (χ2n) is 3.36. The summed E-state index contributed by atoms with van der Waals surface area (Å²) < 4.78 is 0. The van der Waals surface area contributed by atoms with Gasteiger partial charge in [0.15, 0.2) is 0 Å². The van der Waals surface area contributed by atoms with Crippen LogP contribution in [-0.2, 0) is 0 Å². The standard InChI is InChI=1S/C8H16BN/c9-8-3-1-7(2-4-8)5-6-10/h7-8H,1-6,10H2. The van der Waals surface area contributed by atoms with E-state index in [4.69, 9.17) is 13.6 Å². The second kappa shape index (κ2) is 4.02. The molecule has 1 aliphatic rings. The summed E-state index contributed by atoms with van der Waals surface area (Å²) in [6, 6.07) is 0. The van der Waals surface area contributed by atoms with Crippen molar-refractivity contribution >= 4 is 7.85 Å². The quantitative estimate of drug-likeness (QED) is 0.573. The van der Waals surface area contributed by atoms with E-state index >= 15 is 0 Å². The van der Waals surface area contributed by atoms with Crippen LogP contribution in [-0.4, -0.2) is 14.4 Å². The predicted molar refractivity (Wildman–Crippen MR) is 45.1 cm³/mol. The predicted octanol–water partition coefficient (Wildman–Crippen LogP) is 1.48. The minimum Gasteiger partial charge on any atom is -0.330 e. The van der Waals surface area contributed by atoms with E-state index in [2.05, 4.69) is 0 Å². The van der Waals surface area contributed by atoms with Crippen LogP contribution in [0.4, 0.5) is 0 Å². The first-order valence-corrected chi connectivity index (χ1v) is 4.28. The van der Waals surface area contributed by atoms with Crippen LogP contribution in [0.3, 0.4) is 0 Å². The maximum Gasteiger partial charge on any atom is 0.0699 e. The van der Waals surface area contributed by atoms with Crippen LogP contribution in [0.15, 0.2) is 0 Å². The Labute approximate surface area is 64.8 Å². The third-order valence-electron chi connectivity index (χ3n) is 2.47. The molecule has 56 valence electrons. The van der Waals surface area contributed by atoms with Gasteiger partial charge in [-0.15, -0.1) is 0 Å². The normalized spacial score (nSPS) is 34.1. The zero-order chi connectivity index (χ0) is 7.40. The number of rotatable bonds is 2. The third-order valence-corrected chi connectivity index (χ3v) is 2.47. The smallest absolute Gasteiger partial charge is 0.0699 e. The molecule has 0 heterocycles. The van der Waals surface area contributed by atoms with Crippen molar-refractivity contribution in [3.63, 3.8) is 0 Å². The van der Waals surface area contributed by atoms with Crippen LogP contribution in [0.1, 0.15) is 32.1 Å². The lowest BCUT2D eigenvalue weighted by Crippen LogP contribution is -2.14. The topological polar surface area (TPSA) is 26.0 Å². The van der Waals surface area contributed by atoms with Gasteiger partial charge in [0.25, 0.3) is 0 Å². The van der Waals surface area contributed by atoms with Gasteiger partial charge in [0.2, 0.25) is 0 Å². The highest BCUT2D eigenvalue weighted by Gasteiger charge is 2.16. The van der Waals surface area contributed by atoms with Gasteiger partial charge < -0.3 is 5.73 Å². The Kier molecular flexibility index (Phi) is 3.27. The first kappa shape index (κ1) is 8.12. The molecular formula is C8H16BN. The van der Waals surface area contributed by atoms with E-state index in [1.165, 1.54) is 32.1 Å². The van der Waals surface area contributed by atoms with Crippen molar-refractivity contribution < 1.29 is 0 Å². The van der Waals surface area contributed by atoms with Crippen molar-refractivity contribution in [1.82, 2.24) is 0 Å². The molecule has 1 rings (SSSR count). The van der Waals surface area contributed by atoms with Gasteiger partial charge in [0.05, 0.1) is 7.85 Å². The van der Waals surface area contributed by atoms with Gasteiger partial charge >= 0.3 is 0 Å². The highest BCUT2D eigenvalue weighted by atomic mass is 14.5. The maximum absolute atomic E-state index is 5.76. The highest BCUT2D eigenvalue weighted by Crippen LogP contribution is 2.31. The minimum atomic E-state index is 0.481. The second-order valence-corrected chi connectivity index (χ2v) is 3.36. The highest BCUT2D eigenvalue weighted by molar-refractivity contribution is 6.11. The summed E-state index contributed by atoms with van der Waals surface area (Å²) in [6.07, 6.45) is 6.23. The van der Waals surface area contributed by atoms with Gasteiger partial charge in [-0.05, 0) is 18.9 Å². The third kappa shape index (κ3) is 2.33. The monoisotopic (exact) mass is 137 g/mol. The zero-order valence-electron chi connectivity index (χ0n) is 6.55. The van der Waals surface area contributed by atoms with E-state index < -0.39 is 0 Å². The molecule has 0 atom stereocenters. The fourth-order valence-electron chi connectivity index (χ4n) is 1.71. The van der Waals surface area contributed by atoms with Crippen molar-refractivity contribution in [3.05, 3.63) is 0 Å². The Balaban J connectivity index is 2.13. The lowest BCUT2D eigenvalue weighted by atomic mass is 9.71. The number of hydrogen-bond donors (Lipinski definition) is 1. The fourth-order valence-corrected chi connectivity index (χ4v) is 1.71. The summed E-state index contributed by atoms with van der Waals surface area (Å²) >= 11 is 0. The van der Waals surface area contributed by atoms with Crippen molar-refractivity contribution in [3.8, 4) is 0 Å². The van der Waals surface area contributed by atoms with Gasteiger partial charge in [-0.1, -0.05) is 31.5 Å². The van der Waals surface area contributed by atoms with Gasteiger partial charge in [-0.2, -0.15) is 0 Å². The van der Waals surface area contributed by atoms with Crippen LogP contribution in [0, 0.1) is 5.92 Å². The van der Waals surface area contributed by atoms with Crippen LogP contribution in [0.25, 0.3) is 0 Å². The zero-order valence-corrected chi connectivity index (χ0v) is 6.55. The molecular weight excluding hydrogens is 121 g/mol. The van der Waals surface area contributed by atoms with Crippen molar-refractivity contribution in [2.24, 2.45) is 11.7 Å². The number of hydrogen-bond acceptors (Lipinski definition) is 1. The average Bonchev–Trinajstić information content (AvgIpc) is 1.95. The molecule has 0 bridgehead atoms. The summed E-state index contributed by atoms with van der Waals surface area (Å²) in [5.41, 5.74) is 5.46. The van der Waals surface area contributed by atoms with Crippen LogP contribution < -0.4 is 5.73 Å². The average molecular weight is 137 g/mol. The lowest BCUT2D eigenvalue weighted by molar-refractivity contribution is 0.343. The Bertz CT molecular complexity index is 87.3. The molecule has 0 aromatic heterocycles. The Morgan fingerprint density at radius 3 is 2.30 bits per heavy atom. The summed E-state index contributed by atoms with van der Waals surface area (Å²) in [5, 5.41) is 0. The molecule has 1 nitrogen and oxygen atoms in total. The van der Waals surface area contributed by atoms with Crippen molar-refractivity contribution in [2.45, 2.75) is 37.9 Å². The molecule has 2 radical (unpaired) electrons. The van der Waals surface area contributed by atoms with Crippen LogP contribution in [0.5, 0.6) is 0 Å². The molecule has 0 saturated heterocycles. The Morgan fingerprint density at radius 2 is 1.80 bits per heavy atom. The first-order valence-electron chi connectivity index (χ1n) is 4.28. The molecule has 1 fully saturated rings. The van der Waals surface area contributed by atoms with E-state index in [1.807, 2.05) is 0 Å².